The third-order valence-electron chi connectivity index (χ3n) is 14.9. The molecule has 68 heavy (non-hydrogen) atoms. The normalized spacial score (nSPS) is 37.9. The summed E-state index contributed by atoms with van der Waals surface area (Å²) in [4.78, 5) is 72.1. The molecular weight excluding hydrogens is 875 g/mol. The molecule has 0 spiro atoms. The molecule has 4 aliphatic rings. The fourth-order valence-electron chi connectivity index (χ4n) is 10.5. The van der Waals surface area contributed by atoms with E-state index >= 15 is 0 Å². The van der Waals surface area contributed by atoms with Crippen molar-refractivity contribution >= 4 is 29.2 Å². The first kappa shape index (κ1) is 57.2. The topological polar surface area (TPSA) is 205 Å². The highest BCUT2D eigenvalue weighted by Gasteiger charge is 2.53. The molecule has 0 aromatic carbocycles. The van der Waals surface area contributed by atoms with Crippen LogP contribution >= 0.6 is 0 Å². The third kappa shape index (κ3) is 15.3. The number of nitrogens with zero attached hydrogens (tertiary/aromatic N) is 1. The molecule has 2 saturated heterocycles. The van der Waals surface area contributed by atoms with Gasteiger partial charge in [-0.05, 0) is 107 Å². The number of esters is 1. The van der Waals surface area contributed by atoms with E-state index in [1.807, 2.05) is 58.1 Å². The monoisotopic (exact) mass is 958 g/mol. The fraction of sp³-hybridized carbons (Fsp3) is 0.755. The Kier molecular flexibility index (Phi) is 22.9. The van der Waals surface area contributed by atoms with Gasteiger partial charge in [-0.25, -0.2) is 4.79 Å². The van der Waals surface area contributed by atoms with Crippen LogP contribution in [0.3, 0.4) is 0 Å². The number of piperidine rings is 1. The van der Waals surface area contributed by atoms with Gasteiger partial charge < -0.3 is 48.6 Å². The van der Waals surface area contributed by atoms with Crippen LogP contribution in [0.25, 0.3) is 0 Å². The number of aliphatic hydroxyl groups excluding tert-OH is 2. The van der Waals surface area contributed by atoms with E-state index in [1.54, 1.807) is 41.1 Å². The van der Waals surface area contributed by atoms with Crippen molar-refractivity contribution in [1.82, 2.24) is 4.90 Å². The molecule has 0 aromatic heterocycles. The Morgan fingerprint density at radius 2 is 1.59 bits per heavy atom. The van der Waals surface area contributed by atoms with Gasteiger partial charge in [-0.2, -0.15) is 0 Å². The lowest BCUT2D eigenvalue weighted by molar-refractivity contribution is -0.265. The van der Waals surface area contributed by atoms with Crippen LogP contribution in [0.2, 0.25) is 0 Å². The van der Waals surface area contributed by atoms with Crippen LogP contribution in [0.5, 0.6) is 0 Å². The molecule has 4 rings (SSSR count). The van der Waals surface area contributed by atoms with E-state index in [4.69, 9.17) is 28.4 Å². The maximum absolute atomic E-state index is 14.5. The number of hydrogen-bond acceptors (Lipinski definition) is 14. The maximum Gasteiger partial charge on any atom is 0.329 e. The van der Waals surface area contributed by atoms with Crippen molar-refractivity contribution in [3.05, 3.63) is 47.6 Å². The lowest BCUT2D eigenvalue weighted by atomic mass is 9.78. The van der Waals surface area contributed by atoms with Crippen LogP contribution in [0.4, 0.5) is 0 Å². The smallest absolute Gasteiger partial charge is 0.329 e. The van der Waals surface area contributed by atoms with Crippen molar-refractivity contribution in [2.75, 3.05) is 41.1 Å². The van der Waals surface area contributed by atoms with Crippen molar-refractivity contribution in [1.29, 1.82) is 0 Å². The Morgan fingerprint density at radius 3 is 2.26 bits per heavy atom. The summed E-state index contributed by atoms with van der Waals surface area (Å²) in [7, 11) is 4.58. The first-order valence-electron chi connectivity index (χ1n) is 25.0. The Hall–Kier alpha value is -3.41. The molecule has 1 aliphatic carbocycles. The Balaban J connectivity index is 1.70. The minimum atomic E-state index is -2.43. The van der Waals surface area contributed by atoms with Crippen molar-refractivity contribution < 1.29 is 67.7 Å². The molecule has 3 heterocycles. The van der Waals surface area contributed by atoms with Gasteiger partial charge in [0.1, 0.15) is 30.1 Å². The first-order chi connectivity index (χ1) is 32.3. The standard InChI is InChI=1S/C53H83NO14/c1-32-16-12-11-13-17-33(2)44(63-8)30-40-21-19-38(7)53(62,68-40)50(59)51(60)54-23-15-14-18-41(54)52(61)67-45(35(4)28-39-20-22-43(66-25-24-55)46(29-39)64-9)31-42(56)34(3)27-37(6)48(58)49(65-10)47(57)36(5)26-32/h11-13,16-17,27,32,34-36,38-41,43-46,48-49,55,58,62H,14-15,18-26,28-31H2,1-10H3/b13-11?,16-12+,33-17?,37-27+/t32-,34-,35+,36-,38-,39+,40+,41+,43-,44+,45?,46-,48-,49+,53?/m1/s1. The van der Waals surface area contributed by atoms with Crippen LogP contribution in [0.1, 0.15) is 126 Å². The molecule has 2 bridgehead atoms. The highest BCUT2D eigenvalue weighted by molar-refractivity contribution is 6.39. The van der Waals surface area contributed by atoms with Crippen LogP contribution in [0, 0.1) is 35.5 Å². The predicted octanol–water partition coefficient (Wildman–Crippen LogP) is 6.20. The minimum absolute atomic E-state index is 0.0158. The number of ketones is 3. The molecule has 3 N–H and O–H groups in total. The van der Waals surface area contributed by atoms with E-state index in [0.717, 1.165) is 12.0 Å². The number of ether oxygens (including phenoxy) is 6. The average molecular weight is 958 g/mol. The molecule has 384 valence electrons. The van der Waals surface area contributed by atoms with E-state index in [0.29, 0.717) is 63.4 Å². The number of allylic oxidation sites excluding steroid dienone is 6. The molecule has 3 aliphatic heterocycles. The number of aliphatic hydroxyl groups is 3. The minimum Gasteiger partial charge on any atom is -0.460 e. The highest BCUT2D eigenvalue weighted by Crippen LogP contribution is 2.38. The van der Waals surface area contributed by atoms with Gasteiger partial charge in [0.05, 0.1) is 37.6 Å². The Morgan fingerprint density at radius 1 is 0.853 bits per heavy atom. The highest BCUT2D eigenvalue weighted by atomic mass is 16.6. The number of carbonyl (C=O) groups is 5. The number of fused-ring (bicyclic) bond motifs is 3. The molecule has 1 saturated carbocycles. The van der Waals surface area contributed by atoms with Crippen LogP contribution < -0.4 is 0 Å². The molecule has 15 nitrogen and oxygen atoms in total. The summed E-state index contributed by atoms with van der Waals surface area (Å²) < 4.78 is 35.6. The van der Waals surface area contributed by atoms with Gasteiger partial charge in [0, 0.05) is 58.5 Å². The number of hydrogen-bond donors (Lipinski definition) is 3. The van der Waals surface area contributed by atoms with Gasteiger partial charge in [-0.1, -0.05) is 71.1 Å². The van der Waals surface area contributed by atoms with Crippen molar-refractivity contribution in [2.45, 2.75) is 180 Å². The quantitative estimate of drug-likeness (QED) is 0.134. The molecule has 3 fully saturated rings. The van der Waals surface area contributed by atoms with Crippen molar-refractivity contribution in [2.24, 2.45) is 35.5 Å². The van der Waals surface area contributed by atoms with Crippen LogP contribution in [-0.4, -0.2) is 145 Å². The van der Waals surface area contributed by atoms with Gasteiger partial charge in [-0.15, -0.1) is 0 Å². The van der Waals surface area contributed by atoms with Crippen molar-refractivity contribution in [3.8, 4) is 0 Å². The first-order valence-corrected chi connectivity index (χ1v) is 25.0. The average Bonchev–Trinajstić information content (AvgIpc) is 3.32. The predicted molar refractivity (Wildman–Crippen MR) is 256 cm³/mol. The molecule has 2 unspecified atom stereocenters. The molecular formula is C53H83NO14. The molecule has 0 aromatic rings. The van der Waals surface area contributed by atoms with Gasteiger partial charge in [-0.3, -0.25) is 19.2 Å². The van der Waals surface area contributed by atoms with Gasteiger partial charge in [0.15, 0.2) is 5.78 Å². The Labute approximate surface area is 405 Å². The largest absolute Gasteiger partial charge is 0.460 e. The summed E-state index contributed by atoms with van der Waals surface area (Å²) >= 11 is 0. The zero-order valence-electron chi connectivity index (χ0n) is 42.4. The fourth-order valence-corrected chi connectivity index (χ4v) is 10.5. The summed E-state index contributed by atoms with van der Waals surface area (Å²) in [6, 6.07) is -1.14. The number of carbonyl (C=O) groups excluding carboxylic acids is 5. The zero-order chi connectivity index (χ0) is 50.3. The Bertz CT molecular complexity index is 1810. The molecule has 0 radical (unpaired) electrons. The lowest BCUT2D eigenvalue weighted by Crippen LogP contribution is -2.61. The second-order valence-electron chi connectivity index (χ2n) is 20.2. The summed E-state index contributed by atoms with van der Waals surface area (Å²) in [5.41, 5.74) is 1.26. The van der Waals surface area contributed by atoms with E-state index < -0.39 is 77.8 Å². The maximum atomic E-state index is 14.5. The van der Waals surface area contributed by atoms with Crippen LogP contribution in [-0.2, 0) is 52.4 Å². The van der Waals surface area contributed by atoms with E-state index in [-0.39, 0.29) is 74.1 Å². The van der Waals surface area contributed by atoms with Crippen molar-refractivity contribution in [3.63, 3.8) is 0 Å². The summed E-state index contributed by atoms with van der Waals surface area (Å²) in [5.74, 6) is -7.96. The molecule has 15 heteroatoms. The molecule has 1 amide bonds. The third-order valence-corrected chi connectivity index (χ3v) is 14.9. The number of cyclic esters (lactones) is 1. The number of amides is 1. The number of methoxy groups -OCH3 is 3. The molecule has 15 atom stereocenters. The van der Waals surface area contributed by atoms with Crippen LogP contribution in [0.15, 0.2) is 47.6 Å². The van der Waals surface area contributed by atoms with E-state index in [9.17, 15) is 39.3 Å². The van der Waals surface area contributed by atoms with E-state index in [1.165, 1.54) is 12.0 Å². The SMILES string of the molecule is CO[C@H]1C[C@@H]2CC[C@@H](C)C(O)(O2)C(=O)C(=O)N2CCCC[C@H]2C(=O)OC([C@@H](C)C[C@@H]2CC[C@@H](OCCO)[C@H](OC)C2)CC(=O)[C@H](C)/C=C(\C)[C@@H](O)[C@@H](OC)C(=O)[C@H](C)C[C@H](C)/C=C/C=CC=C1C. The lowest BCUT2D eigenvalue weighted by Gasteiger charge is -2.42. The zero-order valence-corrected chi connectivity index (χ0v) is 42.4. The van der Waals surface area contributed by atoms with Gasteiger partial charge in [0.2, 0.25) is 5.79 Å². The summed E-state index contributed by atoms with van der Waals surface area (Å²) in [6.45, 7) is 12.9. The van der Waals surface area contributed by atoms with Gasteiger partial charge >= 0.3 is 5.97 Å². The van der Waals surface area contributed by atoms with Gasteiger partial charge in [0.25, 0.3) is 11.7 Å². The number of rotatable bonds is 9. The summed E-state index contributed by atoms with van der Waals surface area (Å²) in [5, 5.41) is 32.8. The number of Topliss-reactive ketones (excluding diaryl/α,β-unsaturated/α-hetero) is 3. The van der Waals surface area contributed by atoms with E-state index in [2.05, 4.69) is 0 Å². The second-order valence-corrected chi connectivity index (χ2v) is 20.2. The second kappa shape index (κ2) is 27.3. The summed E-state index contributed by atoms with van der Waals surface area (Å²) in [6.07, 6.45) is 12.0.